The first-order chi connectivity index (χ1) is 16.0. The summed E-state index contributed by atoms with van der Waals surface area (Å²) in [6, 6.07) is 13.6. The van der Waals surface area contributed by atoms with Crippen LogP contribution in [0.3, 0.4) is 0 Å². The molecule has 2 amide bonds. The fraction of sp³-hybridized carbons (Fsp3) is 0.125. The maximum Gasteiger partial charge on any atom is 0.253 e. The van der Waals surface area contributed by atoms with Gasteiger partial charge < -0.3 is 19.5 Å². The number of aromatic nitrogens is 1. The molecule has 0 unspecified atom stereocenters. The second-order valence-electron chi connectivity index (χ2n) is 7.07. The lowest BCUT2D eigenvalue weighted by Gasteiger charge is -2.11. The molecule has 2 aromatic carbocycles. The maximum absolute atomic E-state index is 13.9. The standard InChI is InChI=1S/C24H19F2N3O4/c25-17-7-3-8-18(26)23(17)20-14-27-22(33-20)11-10-21(30)29-19-9-2-1-6-16(19)24(31)28-13-15-5-4-12-32-15/h1-9,12,14H,10-11,13H2,(H,28,31)(H,29,30). The minimum absolute atomic E-state index is 0.0118. The molecule has 9 heteroatoms. The van der Waals surface area contributed by atoms with E-state index >= 15 is 0 Å². The summed E-state index contributed by atoms with van der Waals surface area (Å²) >= 11 is 0. The van der Waals surface area contributed by atoms with Gasteiger partial charge in [-0.1, -0.05) is 18.2 Å². The van der Waals surface area contributed by atoms with Crippen molar-refractivity contribution in [2.45, 2.75) is 19.4 Å². The number of carbonyl (C=O) groups is 2. The number of halogens is 2. The highest BCUT2D eigenvalue weighted by atomic mass is 19.1. The SMILES string of the molecule is O=C(CCc1ncc(-c2c(F)cccc2F)o1)Nc1ccccc1C(=O)NCc1ccco1. The number of furan rings is 1. The largest absolute Gasteiger partial charge is 0.467 e. The molecule has 0 aliphatic rings. The van der Waals surface area contributed by atoms with Crippen LogP contribution in [0.5, 0.6) is 0 Å². The normalized spacial score (nSPS) is 10.7. The van der Waals surface area contributed by atoms with E-state index in [9.17, 15) is 18.4 Å². The van der Waals surface area contributed by atoms with Gasteiger partial charge in [0.25, 0.3) is 5.91 Å². The van der Waals surface area contributed by atoms with Crippen LogP contribution in [0, 0.1) is 11.6 Å². The summed E-state index contributed by atoms with van der Waals surface area (Å²) < 4.78 is 38.4. The van der Waals surface area contributed by atoms with E-state index in [1.807, 2.05) is 0 Å². The number of hydrogen-bond donors (Lipinski definition) is 2. The molecule has 0 bridgehead atoms. The predicted molar refractivity (Wildman–Crippen MR) is 115 cm³/mol. The summed E-state index contributed by atoms with van der Waals surface area (Å²) in [4.78, 5) is 29.0. The highest BCUT2D eigenvalue weighted by Gasteiger charge is 2.17. The Bertz CT molecular complexity index is 1250. The zero-order valence-corrected chi connectivity index (χ0v) is 17.3. The third kappa shape index (κ3) is 5.32. The first-order valence-electron chi connectivity index (χ1n) is 10.1. The van der Waals surface area contributed by atoms with Crippen molar-refractivity contribution < 1.29 is 27.2 Å². The van der Waals surface area contributed by atoms with Crippen LogP contribution >= 0.6 is 0 Å². The Kier molecular flexibility index (Phi) is 6.58. The van der Waals surface area contributed by atoms with E-state index in [1.54, 1.807) is 36.4 Å². The van der Waals surface area contributed by atoms with E-state index in [0.717, 1.165) is 12.1 Å². The Hall–Kier alpha value is -4.27. The second kappa shape index (κ2) is 9.90. The van der Waals surface area contributed by atoms with Crippen LogP contribution < -0.4 is 10.6 Å². The number of oxazole rings is 1. The van der Waals surface area contributed by atoms with Gasteiger partial charge in [-0.3, -0.25) is 9.59 Å². The summed E-state index contributed by atoms with van der Waals surface area (Å²) in [7, 11) is 0. The van der Waals surface area contributed by atoms with Crippen molar-refractivity contribution in [2.24, 2.45) is 0 Å². The molecule has 0 spiro atoms. The monoisotopic (exact) mass is 451 g/mol. The Morgan fingerprint density at radius 1 is 0.970 bits per heavy atom. The average Bonchev–Trinajstić information content (AvgIpc) is 3.49. The van der Waals surface area contributed by atoms with Crippen molar-refractivity contribution in [3.63, 3.8) is 0 Å². The van der Waals surface area contributed by atoms with Crippen LogP contribution in [0.1, 0.15) is 28.4 Å². The van der Waals surface area contributed by atoms with Crippen molar-refractivity contribution in [3.8, 4) is 11.3 Å². The Morgan fingerprint density at radius 3 is 2.52 bits per heavy atom. The number of carbonyl (C=O) groups excluding carboxylic acids is 2. The summed E-state index contributed by atoms with van der Waals surface area (Å²) in [5.74, 6) is -1.57. The lowest BCUT2D eigenvalue weighted by Crippen LogP contribution is -2.24. The Morgan fingerprint density at radius 2 is 1.76 bits per heavy atom. The predicted octanol–water partition coefficient (Wildman–Crippen LogP) is 4.71. The van der Waals surface area contributed by atoms with Crippen molar-refractivity contribution in [1.29, 1.82) is 0 Å². The number of hydrogen-bond acceptors (Lipinski definition) is 5. The lowest BCUT2D eigenvalue weighted by atomic mass is 10.1. The van der Waals surface area contributed by atoms with Gasteiger partial charge in [-0.05, 0) is 36.4 Å². The van der Waals surface area contributed by atoms with Crippen LogP contribution in [0.2, 0.25) is 0 Å². The molecule has 0 saturated heterocycles. The molecule has 4 aromatic rings. The molecule has 2 N–H and O–H groups in total. The molecule has 0 fully saturated rings. The van der Waals surface area contributed by atoms with E-state index in [1.165, 1.54) is 18.5 Å². The van der Waals surface area contributed by atoms with Crippen molar-refractivity contribution in [3.05, 3.63) is 95.9 Å². The molecule has 7 nitrogen and oxygen atoms in total. The number of nitrogens with zero attached hydrogens (tertiary/aromatic N) is 1. The first kappa shape index (κ1) is 21.9. The van der Waals surface area contributed by atoms with Gasteiger partial charge in [-0.15, -0.1) is 0 Å². The van der Waals surface area contributed by atoms with Gasteiger partial charge in [0, 0.05) is 12.8 Å². The smallest absolute Gasteiger partial charge is 0.253 e. The molecule has 0 aliphatic heterocycles. The van der Waals surface area contributed by atoms with E-state index < -0.39 is 11.6 Å². The number of aryl methyl sites for hydroxylation is 1. The molecule has 0 aliphatic carbocycles. The first-order valence-corrected chi connectivity index (χ1v) is 10.1. The molecular formula is C24H19F2N3O4. The third-order valence-electron chi connectivity index (χ3n) is 4.78. The van der Waals surface area contributed by atoms with Crippen LogP contribution in [0.25, 0.3) is 11.3 Å². The fourth-order valence-electron chi connectivity index (χ4n) is 3.17. The average molecular weight is 451 g/mol. The van der Waals surface area contributed by atoms with Gasteiger partial charge in [0.2, 0.25) is 5.91 Å². The van der Waals surface area contributed by atoms with E-state index in [0.29, 0.717) is 17.0 Å². The van der Waals surface area contributed by atoms with Crippen LogP contribution in [-0.2, 0) is 17.8 Å². The highest BCUT2D eigenvalue weighted by molar-refractivity contribution is 6.03. The van der Waals surface area contributed by atoms with Crippen molar-refractivity contribution in [1.82, 2.24) is 10.3 Å². The number of nitrogens with one attached hydrogen (secondary N) is 2. The Balaban J connectivity index is 1.36. The topological polar surface area (TPSA) is 97.4 Å². The second-order valence-corrected chi connectivity index (χ2v) is 7.07. The third-order valence-corrected chi connectivity index (χ3v) is 4.78. The summed E-state index contributed by atoms with van der Waals surface area (Å²) in [6.45, 7) is 0.212. The highest BCUT2D eigenvalue weighted by Crippen LogP contribution is 2.27. The molecule has 0 atom stereocenters. The van der Waals surface area contributed by atoms with Crippen molar-refractivity contribution >= 4 is 17.5 Å². The van der Waals surface area contributed by atoms with Gasteiger partial charge in [0.1, 0.15) is 17.4 Å². The molecular weight excluding hydrogens is 432 g/mol. The summed E-state index contributed by atoms with van der Waals surface area (Å²) in [5, 5.41) is 5.43. The van der Waals surface area contributed by atoms with Gasteiger partial charge in [0.05, 0.1) is 35.8 Å². The fourth-order valence-corrected chi connectivity index (χ4v) is 3.17. The quantitative estimate of drug-likeness (QED) is 0.404. The van der Waals surface area contributed by atoms with E-state index in [2.05, 4.69) is 15.6 Å². The molecule has 168 valence electrons. The van der Waals surface area contributed by atoms with Gasteiger partial charge >= 0.3 is 0 Å². The Labute approximate surface area is 187 Å². The van der Waals surface area contributed by atoms with Gasteiger partial charge in [0.15, 0.2) is 11.7 Å². The summed E-state index contributed by atoms with van der Waals surface area (Å²) in [5.41, 5.74) is 0.335. The zero-order chi connectivity index (χ0) is 23.2. The molecule has 2 heterocycles. The lowest BCUT2D eigenvalue weighted by molar-refractivity contribution is -0.116. The van der Waals surface area contributed by atoms with E-state index in [4.69, 9.17) is 8.83 Å². The number of amides is 2. The van der Waals surface area contributed by atoms with Crippen LogP contribution in [-0.4, -0.2) is 16.8 Å². The van der Waals surface area contributed by atoms with Gasteiger partial charge in [-0.2, -0.15) is 0 Å². The van der Waals surface area contributed by atoms with Crippen LogP contribution in [0.4, 0.5) is 14.5 Å². The van der Waals surface area contributed by atoms with E-state index in [-0.39, 0.29) is 48.4 Å². The molecule has 4 rings (SSSR count). The van der Waals surface area contributed by atoms with Gasteiger partial charge in [-0.25, -0.2) is 13.8 Å². The number of rotatable bonds is 8. The van der Waals surface area contributed by atoms with Crippen molar-refractivity contribution in [2.75, 3.05) is 5.32 Å². The molecule has 33 heavy (non-hydrogen) atoms. The molecule has 2 aromatic heterocycles. The number of para-hydroxylation sites is 1. The molecule has 0 saturated carbocycles. The number of benzene rings is 2. The minimum atomic E-state index is -0.766. The summed E-state index contributed by atoms with van der Waals surface area (Å²) in [6.07, 6.45) is 2.82. The zero-order valence-electron chi connectivity index (χ0n) is 17.3. The minimum Gasteiger partial charge on any atom is -0.467 e. The number of anilines is 1. The molecule has 0 radical (unpaired) electrons. The van der Waals surface area contributed by atoms with Crippen LogP contribution in [0.15, 0.2) is 75.9 Å². The maximum atomic E-state index is 13.9.